The van der Waals surface area contributed by atoms with Gasteiger partial charge < -0.3 is 5.32 Å². The van der Waals surface area contributed by atoms with E-state index in [-0.39, 0.29) is 11.1 Å². The maximum Gasteiger partial charge on any atom is 0.238 e. The summed E-state index contributed by atoms with van der Waals surface area (Å²) in [6.45, 7) is 6.24. The molecule has 2 aliphatic rings. The second kappa shape index (κ2) is 11.5. The second-order valence-corrected chi connectivity index (χ2v) is 12.9. The molecule has 0 fully saturated rings. The zero-order valence-electron chi connectivity index (χ0n) is 22.4. The van der Waals surface area contributed by atoms with Gasteiger partial charge in [0.1, 0.15) is 6.17 Å². The zero-order chi connectivity index (χ0) is 27.6. The molecule has 0 spiro atoms. The molecule has 0 aliphatic carbocycles. The third kappa shape index (κ3) is 6.84. The summed E-state index contributed by atoms with van der Waals surface area (Å²) in [5, 5.41) is 9.70. The predicted octanol–water partition coefficient (Wildman–Crippen LogP) is 6.22. The van der Waals surface area contributed by atoms with Crippen molar-refractivity contribution in [3.63, 3.8) is 0 Å². The highest BCUT2D eigenvalue weighted by Crippen LogP contribution is 2.38. The van der Waals surface area contributed by atoms with Crippen LogP contribution in [0.1, 0.15) is 54.4 Å². The number of aryl methyl sites for hydroxylation is 2. The largest absolute Gasteiger partial charge is 0.324 e. The minimum Gasteiger partial charge on any atom is -0.324 e. The highest BCUT2D eigenvalue weighted by atomic mass is 32.2. The molecule has 7 nitrogen and oxygen atoms in total. The number of primary sulfonamides is 1. The van der Waals surface area contributed by atoms with Crippen molar-refractivity contribution in [2.24, 2.45) is 20.1 Å². The Hall–Kier alpha value is -3.27. The number of sulfonamides is 1. The molecule has 3 aromatic carbocycles. The highest BCUT2D eigenvalue weighted by molar-refractivity contribution is 8.14. The van der Waals surface area contributed by atoms with Crippen LogP contribution in [0.3, 0.4) is 0 Å². The van der Waals surface area contributed by atoms with Crippen molar-refractivity contribution in [1.29, 1.82) is 0 Å². The number of nitrogens with zero attached hydrogens (tertiary/aromatic N) is 3. The lowest BCUT2D eigenvalue weighted by Gasteiger charge is -2.20. The van der Waals surface area contributed by atoms with E-state index in [1.54, 1.807) is 23.9 Å². The average molecular weight is 560 g/mol. The van der Waals surface area contributed by atoms with Crippen molar-refractivity contribution in [1.82, 2.24) is 0 Å². The van der Waals surface area contributed by atoms with E-state index >= 15 is 0 Å². The molecule has 3 aromatic rings. The maximum absolute atomic E-state index is 11.8. The van der Waals surface area contributed by atoms with E-state index in [1.807, 2.05) is 25.1 Å². The van der Waals surface area contributed by atoms with Gasteiger partial charge in [-0.2, -0.15) is 0 Å². The molecule has 2 atom stereocenters. The number of rotatable bonds is 5. The average Bonchev–Trinajstić information content (AvgIpc) is 3.03. The zero-order valence-corrected chi connectivity index (χ0v) is 24.0. The van der Waals surface area contributed by atoms with Gasteiger partial charge in [0.15, 0.2) is 0 Å². The number of nitrogens with one attached hydrogen (secondary N) is 1. The molecule has 5 rings (SSSR count). The Balaban J connectivity index is 1.45. The molecule has 3 N–H and O–H groups in total. The number of aliphatic imine (C=N–C) groups is 3. The van der Waals surface area contributed by atoms with E-state index in [9.17, 15) is 8.42 Å². The molecule has 0 saturated carbocycles. The first-order valence-corrected chi connectivity index (χ1v) is 15.4. The third-order valence-corrected chi connectivity index (χ3v) is 9.02. The Labute approximate surface area is 234 Å². The van der Waals surface area contributed by atoms with Gasteiger partial charge in [-0.25, -0.2) is 23.5 Å². The van der Waals surface area contributed by atoms with Crippen molar-refractivity contribution < 1.29 is 8.42 Å². The number of hydrogen-bond acceptors (Lipinski definition) is 7. The Morgan fingerprint density at radius 2 is 1.87 bits per heavy atom. The molecule has 0 radical (unpaired) electrons. The van der Waals surface area contributed by atoms with Gasteiger partial charge in [-0.3, -0.25) is 4.99 Å². The molecule has 0 saturated heterocycles. The van der Waals surface area contributed by atoms with Gasteiger partial charge in [0.05, 0.1) is 9.94 Å². The van der Waals surface area contributed by atoms with E-state index in [0.29, 0.717) is 24.7 Å². The lowest BCUT2D eigenvalue weighted by Crippen LogP contribution is -2.25. The summed E-state index contributed by atoms with van der Waals surface area (Å²) in [7, 11) is -3.78. The topological polar surface area (TPSA) is 109 Å². The minimum absolute atomic E-state index is 0.0730. The predicted molar refractivity (Wildman–Crippen MR) is 162 cm³/mol. The summed E-state index contributed by atoms with van der Waals surface area (Å²) >= 11 is 1.76. The van der Waals surface area contributed by atoms with Crippen LogP contribution >= 0.6 is 11.8 Å². The number of fused-ring (bicyclic) bond motifs is 1. The van der Waals surface area contributed by atoms with E-state index < -0.39 is 10.0 Å². The van der Waals surface area contributed by atoms with E-state index in [2.05, 4.69) is 49.5 Å². The third-order valence-electron chi connectivity index (χ3n) is 6.99. The van der Waals surface area contributed by atoms with Crippen LogP contribution in [0.5, 0.6) is 0 Å². The fraction of sp³-hybridized carbons (Fsp3) is 0.300. The first-order chi connectivity index (χ1) is 18.6. The first kappa shape index (κ1) is 27.3. The number of benzene rings is 3. The van der Waals surface area contributed by atoms with Crippen LogP contribution in [0.2, 0.25) is 0 Å². The summed E-state index contributed by atoms with van der Waals surface area (Å²) in [5.74, 6) is 0.947. The molecule has 2 heterocycles. The summed E-state index contributed by atoms with van der Waals surface area (Å²) < 4.78 is 23.5. The fourth-order valence-electron chi connectivity index (χ4n) is 4.84. The molecule has 202 valence electrons. The van der Waals surface area contributed by atoms with Crippen LogP contribution in [0.25, 0.3) is 0 Å². The summed E-state index contributed by atoms with van der Waals surface area (Å²) in [6.07, 6.45) is 3.01. The van der Waals surface area contributed by atoms with Gasteiger partial charge in [-0.15, -0.1) is 0 Å². The lowest BCUT2D eigenvalue weighted by atomic mass is 9.96. The fourth-order valence-corrected chi connectivity index (χ4v) is 6.72. The van der Waals surface area contributed by atoms with Gasteiger partial charge >= 0.3 is 0 Å². The van der Waals surface area contributed by atoms with E-state index in [1.165, 1.54) is 27.7 Å². The molecule has 0 aromatic heterocycles. The Bertz CT molecular complexity index is 1580. The first-order valence-electron chi connectivity index (χ1n) is 13.1. The van der Waals surface area contributed by atoms with Crippen LogP contribution in [0.15, 0.2) is 91.5 Å². The van der Waals surface area contributed by atoms with E-state index in [4.69, 9.17) is 20.1 Å². The SMILES string of the molecule is Cc1ccc2c(c1)SC(=NC1CC(Cc3ccccc3)=NC(Nc3ccc(S(N)(=O)=O)cc3C)=N1)CCC2C. The van der Waals surface area contributed by atoms with Crippen LogP contribution in [-0.4, -0.2) is 31.3 Å². The van der Waals surface area contributed by atoms with Gasteiger partial charge in [0, 0.05) is 29.1 Å². The van der Waals surface area contributed by atoms with Crippen molar-refractivity contribution in [2.45, 2.75) is 68.3 Å². The maximum atomic E-state index is 11.8. The molecule has 39 heavy (non-hydrogen) atoms. The Morgan fingerprint density at radius 3 is 2.62 bits per heavy atom. The minimum atomic E-state index is -3.78. The Kier molecular flexibility index (Phi) is 8.02. The molecule has 9 heteroatoms. The van der Waals surface area contributed by atoms with Crippen LogP contribution in [-0.2, 0) is 16.4 Å². The highest BCUT2D eigenvalue weighted by Gasteiger charge is 2.23. The molecule has 2 unspecified atom stereocenters. The normalized spacial score (nSPS) is 20.6. The standard InChI is InChI=1S/C30H33N5O2S2/c1-19-9-12-25-20(2)10-14-29(38-27(25)15-19)34-28-18-23(17-22-7-5-4-6-8-22)32-30(35-28)33-26-13-11-24(16-21(26)3)39(31,36)37/h4-9,11-13,15-16,20,28H,10,14,17-18H2,1-3H3,(H,33,35)(H2,31,36,37). The van der Waals surface area contributed by atoms with Crippen LogP contribution in [0, 0.1) is 13.8 Å². The van der Waals surface area contributed by atoms with Crippen molar-refractivity contribution >= 4 is 44.2 Å². The van der Waals surface area contributed by atoms with Gasteiger partial charge in [0.2, 0.25) is 16.0 Å². The summed E-state index contributed by atoms with van der Waals surface area (Å²) in [6, 6.07) is 21.7. The molecule has 0 amide bonds. The summed E-state index contributed by atoms with van der Waals surface area (Å²) in [4.78, 5) is 16.2. The molecule has 0 bridgehead atoms. The lowest BCUT2D eigenvalue weighted by molar-refractivity contribution is 0.597. The van der Waals surface area contributed by atoms with Gasteiger partial charge in [-0.05, 0) is 79.1 Å². The van der Waals surface area contributed by atoms with Crippen molar-refractivity contribution in [3.8, 4) is 0 Å². The van der Waals surface area contributed by atoms with Crippen LogP contribution in [0.4, 0.5) is 5.69 Å². The van der Waals surface area contributed by atoms with Gasteiger partial charge in [-0.1, -0.05) is 61.2 Å². The monoisotopic (exact) mass is 559 g/mol. The number of anilines is 1. The molecule has 2 aliphatic heterocycles. The number of hydrogen-bond donors (Lipinski definition) is 2. The van der Waals surface area contributed by atoms with Crippen molar-refractivity contribution in [2.75, 3.05) is 5.32 Å². The number of guanidine groups is 1. The van der Waals surface area contributed by atoms with Crippen molar-refractivity contribution in [3.05, 3.63) is 89.0 Å². The van der Waals surface area contributed by atoms with E-state index in [0.717, 1.165) is 34.8 Å². The molecular weight excluding hydrogens is 526 g/mol. The number of thioether (sulfide) groups is 1. The smallest absolute Gasteiger partial charge is 0.238 e. The quantitative estimate of drug-likeness (QED) is 0.387. The summed E-state index contributed by atoms with van der Waals surface area (Å²) in [5.41, 5.74) is 6.26. The molecular formula is C30H33N5O2S2. The van der Waals surface area contributed by atoms with Crippen LogP contribution < -0.4 is 10.5 Å². The van der Waals surface area contributed by atoms with Gasteiger partial charge in [0.25, 0.3) is 0 Å². The number of nitrogens with two attached hydrogens (primary N) is 1. The Morgan fingerprint density at radius 1 is 1.08 bits per heavy atom. The second-order valence-electron chi connectivity index (χ2n) is 10.2.